The molecular weight excluding hydrogens is 536 g/mol. The fourth-order valence-electron chi connectivity index (χ4n) is 6.01. The second-order valence-electron chi connectivity index (χ2n) is 10.9. The molecule has 0 amide bonds. The minimum atomic E-state index is 0.790. The molecule has 8 rings (SSSR count). The molecule has 0 atom stereocenters. The monoisotopic (exact) mass is 564 g/mol. The fourth-order valence-corrected chi connectivity index (χ4v) is 6.01. The number of hydrogen-bond acceptors (Lipinski definition) is 3. The zero-order chi connectivity index (χ0) is 29.3. The molecule has 0 aliphatic rings. The highest BCUT2D eigenvalue weighted by Crippen LogP contribution is 2.43. The molecule has 0 unspecified atom stereocenters. The molecule has 2 aromatic heterocycles. The van der Waals surface area contributed by atoms with E-state index in [2.05, 4.69) is 155 Å². The first-order valence-corrected chi connectivity index (χ1v) is 14.8. The third kappa shape index (κ3) is 4.71. The van der Waals surface area contributed by atoms with E-state index in [0.29, 0.717) is 0 Å². The first kappa shape index (κ1) is 25.8. The number of aromatic nitrogens is 1. The summed E-state index contributed by atoms with van der Waals surface area (Å²) in [5.74, 6) is 0. The number of fused-ring (bicyclic) bond motifs is 3. The molecule has 0 bridgehead atoms. The fraction of sp³-hybridized carbons (Fsp3) is 0. The van der Waals surface area contributed by atoms with Gasteiger partial charge in [-0.1, -0.05) is 115 Å². The zero-order valence-electron chi connectivity index (χ0n) is 24.0. The summed E-state index contributed by atoms with van der Waals surface area (Å²) in [5.41, 5.74) is 11.9. The summed E-state index contributed by atoms with van der Waals surface area (Å²) in [6, 6.07) is 55.7. The van der Waals surface area contributed by atoms with Gasteiger partial charge in [-0.15, -0.1) is 0 Å². The Hall–Kier alpha value is -5.93. The van der Waals surface area contributed by atoms with E-state index < -0.39 is 0 Å². The molecule has 0 radical (unpaired) electrons. The minimum Gasteiger partial charge on any atom is -0.454 e. The van der Waals surface area contributed by atoms with E-state index in [1.54, 1.807) is 6.20 Å². The van der Waals surface area contributed by atoms with Crippen LogP contribution in [0, 0.1) is 0 Å². The molecule has 0 N–H and O–H groups in total. The number of benzene rings is 6. The molecular formula is C41H28N2O. The Bertz CT molecular complexity index is 2200. The second-order valence-corrected chi connectivity index (χ2v) is 10.9. The molecule has 208 valence electrons. The highest BCUT2D eigenvalue weighted by Gasteiger charge is 2.19. The van der Waals surface area contributed by atoms with Gasteiger partial charge in [0.2, 0.25) is 0 Å². The molecule has 8 aromatic rings. The number of anilines is 3. The van der Waals surface area contributed by atoms with Crippen LogP contribution in [0.1, 0.15) is 0 Å². The highest BCUT2D eigenvalue weighted by molar-refractivity contribution is 6.06. The average Bonchev–Trinajstić information content (AvgIpc) is 3.48. The summed E-state index contributed by atoms with van der Waals surface area (Å²) in [6.07, 6.45) is 3.59. The van der Waals surface area contributed by atoms with E-state index in [0.717, 1.165) is 44.6 Å². The molecule has 3 heteroatoms. The van der Waals surface area contributed by atoms with Crippen LogP contribution < -0.4 is 4.90 Å². The summed E-state index contributed by atoms with van der Waals surface area (Å²) in [4.78, 5) is 6.57. The van der Waals surface area contributed by atoms with Crippen molar-refractivity contribution in [2.45, 2.75) is 0 Å². The third-order valence-electron chi connectivity index (χ3n) is 8.20. The van der Waals surface area contributed by atoms with Crippen molar-refractivity contribution < 1.29 is 4.42 Å². The topological polar surface area (TPSA) is 29.3 Å². The van der Waals surface area contributed by atoms with Crippen molar-refractivity contribution in [1.82, 2.24) is 4.98 Å². The maximum absolute atomic E-state index is 6.26. The number of furan rings is 1. The van der Waals surface area contributed by atoms with Crippen LogP contribution in [0.4, 0.5) is 17.1 Å². The van der Waals surface area contributed by atoms with E-state index >= 15 is 0 Å². The summed E-state index contributed by atoms with van der Waals surface area (Å²) in [7, 11) is 0. The quantitative estimate of drug-likeness (QED) is 0.201. The van der Waals surface area contributed by atoms with Crippen molar-refractivity contribution in [2.24, 2.45) is 0 Å². The molecule has 44 heavy (non-hydrogen) atoms. The van der Waals surface area contributed by atoms with Crippen LogP contribution in [0.25, 0.3) is 55.3 Å². The molecule has 6 aromatic carbocycles. The van der Waals surface area contributed by atoms with Gasteiger partial charge in [0.1, 0.15) is 5.58 Å². The predicted octanol–water partition coefficient (Wildman–Crippen LogP) is 11.5. The predicted molar refractivity (Wildman–Crippen MR) is 183 cm³/mol. The van der Waals surface area contributed by atoms with Crippen molar-refractivity contribution in [3.8, 4) is 33.4 Å². The molecule has 0 saturated heterocycles. The highest BCUT2D eigenvalue weighted by atomic mass is 16.3. The van der Waals surface area contributed by atoms with Crippen LogP contribution >= 0.6 is 0 Å². The van der Waals surface area contributed by atoms with E-state index in [-0.39, 0.29) is 0 Å². The lowest BCUT2D eigenvalue weighted by Gasteiger charge is -2.28. The Balaban J connectivity index is 1.23. The van der Waals surface area contributed by atoms with Gasteiger partial charge in [0, 0.05) is 40.0 Å². The van der Waals surface area contributed by atoms with Gasteiger partial charge in [0.25, 0.3) is 0 Å². The molecule has 0 fully saturated rings. The molecule has 0 saturated carbocycles. The van der Waals surface area contributed by atoms with E-state index in [9.17, 15) is 0 Å². The number of hydrogen-bond donors (Lipinski definition) is 0. The SMILES string of the molecule is c1ccc(-c2ccc(-c3ccc(N(c4ccc5c(c4)oc4cnccc45)c4ccccc4-c4ccccc4)cc3)cc2)cc1. The van der Waals surface area contributed by atoms with Gasteiger partial charge in [0.05, 0.1) is 11.9 Å². The third-order valence-corrected chi connectivity index (χ3v) is 8.20. The van der Waals surface area contributed by atoms with Crippen LogP contribution in [-0.4, -0.2) is 4.98 Å². The lowest BCUT2D eigenvalue weighted by molar-refractivity contribution is 0.667. The van der Waals surface area contributed by atoms with Crippen molar-refractivity contribution in [2.75, 3.05) is 4.90 Å². The van der Waals surface area contributed by atoms with E-state index in [1.807, 2.05) is 18.3 Å². The van der Waals surface area contributed by atoms with Crippen LogP contribution in [-0.2, 0) is 0 Å². The van der Waals surface area contributed by atoms with Crippen molar-refractivity contribution >= 4 is 39.0 Å². The minimum absolute atomic E-state index is 0.790. The van der Waals surface area contributed by atoms with Crippen LogP contribution in [0.2, 0.25) is 0 Å². The van der Waals surface area contributed by atoms with Gasteiger partial charge in [0.15, 0.2) is 5.58 Å². The maximum Gasteiger partial charge on any atom is 0.153 e. The molecule has 0 spiro atoms. The zero-order valence-corrected chi connectivity index (χ0v) is 24.0. The van der Waals surface area contributed by atoms with Gasteiger partial charge in [-0.2, -0.15) is 0 Å². The normalized spacial score (nSPS) is 11.2. The molecule has 0 aliphatic heterocycles. The Labute approximate surface area is 256 Å². The van der Waals surface area contributed by atoms with Gasteiger partial charge in [-0.3, -0.25) is 4.98 Å². The Morgan fingerprint density at radius 3 is 1.68 bits per heavy atom. The van der Waals surface area contributed by atoms with Gasteiger partial charge in [-0.05, 0) is 64.2 Å². The first-order valence-electron chi connectivity index (χ1n) is 14.8. The second kappa shape index (κ2) is 11.0. The number of pyridine rings is 1. The summed E-state index contributed by atoms with van der Waals surface area (Å²) in [5, 5.41) is 2.15. The first-order chi connectivity index (χ1) is 21.8. The van der Waals surface area contributed by atoms with Gasteiger partial charge >= 0.3 is 0 Å². The van der Waals surface area contributed by atoms with Gasteiger partial charge < -0.3 is 9.32 Å². The summed E-state index contributed by atoms with van der Waals surface area (Å²) >= 11 is 0. The number of rotatable bonds is 6. The smallest absolute Gasteiger partial charge is 0.153 e. The van der Waals surface area contributed by atoms with Crippen LogP contribution in [0.5, 0.6) is 0 Å². The van der Waals surface area contributed by atoms with Crippen molar-refractivity contribution in [1.29, 1.82) is 0 Å². The lowest BCUT2D eigenvalue weighted by Crippen LogP contribution is -2.11. The maximum atomic E-state index is 6.26. The van der Waals surface area contributed by atoms with E-state index in [1.165, 1.54) is 27.8 Å². The van der Waals surface area contributed by atoms with Crippen molar-refractivity contribution in [3.05, 3.63) is 170 Å². The summed E-state index contributed by atoms with van der Waals surface area (Å²) in [6.45, 7) is 0. The van der Waals surface area contributed by atoms with Crippen LogP contribution in [0.3, 0.4) is 0 Å². The Morgan fingerprint density at radius 1 is 0.432 bits per heavy atom. The molecule has 3 nitrogen and oxygen atoms in total. The standard InChI is InChI=1S/C41H28N2O/c1-3-9-29(10-4-1)30-15-17-31(18-16-30)32-19-21-34(22-20-32)43(39-14-8-7-13-36(39)33-11-5-2-6-12-33)35-23-24-37-38-25-26-42-28-41(38)44-40(37)27-35/h1-28H. The Kier molecular flexibility index (Phi) is 6.47. The van der Waals surface area contributed by atoms with Gasteiger partial charge in [-0.25, -0.2) is 0 Å². The molecule has 0 aliphatic carbocycles. The molecule has 2 heterocycles. The Morgan fingerprint density at radius 2 is 0.977 bits per heavy atom. The van der Waals surface area contributed by atoms with E-state index in [4.69, 9.17) is 4.42 Å². The lowest BCUT2D eigenvalue weighted by atomic mass is 9.99. The number of para-hydroxylation sites is 1. The summed E-state index contributed by atoms with van der Waals surface area (Å²) < 4.78 is 6.26. The number of nitrogens with zero attached hydrogens (tertiary/aromatic N) is 2. The average molecular weight is 565 g/mol. The largest absolute Gasteiger partial charge is 0.454 e. The van der Waals surface area contributed by atoms with Crippen molar-refractivity contribution in [3.63, 3.8) is 0 Å². The van der Waals surface area contributed by atoms with Crippen LogP contribution in [0.15, 0.2) is 175 Å².